The van der Waals surface area contributed by atoms with E-state index in [2.05, 4.69) is 34.1 Å². The Morgan fingerprint density at radius 1 is 1.30 bits per heavy atom. The van der Waals surface area contributed by atoms with Gasteiger partial charge in [0, 0.05) is 50.6 Å². The lowest BCUT2D eigenvalue weighted by molar-refractivity contribution is -0.130. The van der Waals surface area contributed by atoms with Gasteiger partial charge in [0.05, 0.1) is 6.20 Å². The van der Waals surface area contributed by atoms with Gasteiger partial charge in [0.2, 0.25) is 5.91 Å². The maximum atomic E-state index is 12.7. The van der Waals surface area contributed by atoms with Gasteiger partial charge in [-0.1, -0.05) is 13.8 Å². The lowest BCUT2D eigenvalue weighted by Gasteiger charge is -2.32. The van der Waals surface area contributed by atoms with Crippen LogP contribution in [-0.4, -0.2) is 68.4 Å². The average molecular weight is 372 g/mol. The minimum Gasteiger partial charge on any atom is -0.347 e. The van der Waals surface area contributed by atoms with Crippen molar-refractivity contribution in [1.82, 2.24) is 29.7 Å². The molecule has 1 N–H and O–H groups in total. The van der Waals surface area contributed by atoms with Crippen LogP contribution in [0.25, 0.3) is 5.65 Å². The van der Waals surface area contributed by atoms with E-state index < -0.39 is 0 Å². The highest BCUT2D eigenvalue weighted by molar-refractivity contribution is 5.99. The van der Waals surface area contributed by atoms with Gasteiger partial charge in [0.15, 0.2) is 5.65 Å². The van der Waals surface area contributed by atoms with Crippen LogP contribution >= 0.6 is 0 Å². The molecule has 0 spiro atoms. The number of fused-ring (bicyclic) bond motifs is 1. The van der Waals surface area contributed by atoms with Gasteiger partial charge in [0.25, 0.3) is 5.91 Å². The second kappa shape index (κ2) is 8.47. The van der Waals surface area contributed by atoms with Gasteiger partial charge in [-0.3, -0.25) is 14.5 Å². The third-order valence-corrected chi connectivity index (χ3v) is 5.16. The van der Waals surface area contributed by atoms with Crippen LogP contribution in [0.1, 0.15) is 49.5 Å². The van der Waals surface area contributed by atoms with Crippen LogP contribution in [-0.2, 0) is 11.3 Å². The molecule has 8 nitrogen and oxygen atoms in total. The van der Waals surface area contributed by atoms with E-state index in [4.69, 9.17) is 0 Å². The quantitative estimate of drug-likeness (QED) is 0.827. The molecule has 0 unspecified atom stereocenters. The summed E-state index contributed by atoms with van der Waals surface area (Å²) in [7, 11) is 0. The molecule has 27 heavy (non-hydrogen) atoms. The second-order valence-corrected chi connectivity index (χ2v) is 7.03. The number of carbonyl (C=O) groups excluding carboxylic acids is 2. The fourth-order valence-corrected chi connectivity index (χ4v) is 3.50. The summed E-state index contributed by atoms with van der Waals surface area (Å²) >= 11 is 0. The third kappa shape index (κ3) is 4.44. The Labute approximate surface area is 159 Å². The van der Waals surface area contributed by atoms with Gasteiger partial charge in [-0.25, -0.2) is 9.50 Å². The van der Waals surface area contributed by atoms with Crippen LogP contribution in [0.15, 0.2) is 18.6 Å². The number of hydrogen-bond acceptors (Lipinski definition) is 5. The Hall–Kier alpha value is -2.48. The highest BCUT2D eigenvalue weighted by Gasteiger charge is 2.24. The Kier molecular flexibility index (Phi) is 6.05. The number of nitrogens with one attached hydrogen (secondary N) is 1. The van der Waals surface area contributed by atoms with Crippen LogP contribution in [0.2, 0.25) is 0 Å². The molecule has 0 saturated carbocycles. The Morgan fingerprint density at radius 3 is 2.78 bits per heavy atom. The van der Waals surface area contributed by atoms with Crippen molar-refractivity contribution in [2.24, 2.45) is 0 Å². The van der Waals surface area contributed by atoms with Crippen molar-refractivity contribution in [3.05, 3.63) is 29.7 Å². The Balaban J connectivity index is 1.71. The summed E-state index contributed by atoms with van der Waals surface area (Å²) in [5, 5.41) is 7.33. The number of amides is 2. The van der Waals surface area contributed by atoms with Gasteiger partial charge < -0.3 is 10.2 Å². The van der Waals surface area contributed by atoms with E-state index in [0.29, 0.717) is 17.8 Å². The van der Waals surface area contributed by atoms with Crippen LogP contribution in [0, 0.1) is 0 Å². The number of likely N-dealkylation sites (tertiary alicyclic amines) is 1. The summed E-state index contributed by atoms with van der Waals surface area (Å²) in [5.74, 6) is -0.142. The average Bonchev–Trinajstić information content (AvgIpc) is 3.09. The second-order valence-electron chi connectivity index (χ2n) is 7.03. The van der Waals surface area contributed by atoms with E-state index in [-0.39, 0.29) is 17.9 Å². The molecule has 1 saturated heterocycles. The van der Waals surface area contributed by atoms with Gasteiger partial charge in [0.1, 0.15) is 5.56 Å². The largest absolute Gasteiger partial charge is 0.347 e. The Morgan fingerprint density at radius 2 is 2.07 bits per heavy atom. The van der Waals surface area contributed by atoms with Gasteiger partial charge in [-0.2, -0.15) is 5.10 Å². The van der Waals surface area contributed by atoms with Crippen LogP contribution in [0.4, 0.5) is 0 Å². The minimum absolute atomic E-state index is 0.0351. The number of aromatic nitrogens is 3. The van der Waals surface area contributed by atoms with E-state index >= 15 is 0 Å². The van der Waals surface area contributed by atoms with Crippen LogP contribution in [0.3, 0.4) is 0 Å². The van der Waals surface area contributed by atoms with Crippen molar-refractivity contribution >= 4 is 17.5 Å². The number of rotatable bonds is 6. The van der Waals surface area contributed by atoms with Crippen molar-refractivity contribution < 1.29 is 9.59 Å². The number of piperidine rings is 1. The maximum absolute atomic E-state index is 12.7. The summed E-state index contributed by atoms with van der Waals surface area (Å²) in [5.41, 5.74) is 2.07. The molecule has 3 heterocycles. The predicted molar refractivity (Wildman–Crippen MR) is 102 cm³/mol. The number of hydrogen-bond donors (Lipinski definition) is 1. The zero-order valence-electron chi connectivity index (χ0n) is 16.3. The molecule has 2 amide bonds. The molecule has 8 heteroatoms. The summed E-state index contributed by atoms with van der Waals surface area (Å²) in [6, 6.07) is -0.0351. The highest BCUT2D eigenvalue weighted by atomic mass is 16.2. The number of carbonyl (C=O) groups is 2. The normalized spacial score (nSPS) is 17.5. The van der Waals surface area contributed by atoms with Gasteiger partial charge in [-0.15, -0.1) is 0 Å². The maximum Gasteiger partial charge on any atom is 0.257 e. The molecule has 1 atom stereocenters. The molecular formula is C19H28N6O2. The fraction of sp³-hybridized carbons (Fsp3) is 0.579. The molecule has 2 aromatic heterocycles. The number of nitrogens with zero attached hydrogens (tertiary/aromatic N) is 5. The zero-order chi connectivity index (χ0) is 19.4. The smallest absolute Gasteiger partial charge is 0.257 e. The van der Waals surface area contributed by atoms with E-state index in [1.165, 1.54) is 0 Å². The fourth-order valence-electron chi connectivity index (χ4n) is 3.50. The van der Waals surface area contributed by atoms with Crippen molar-refractivity contribution in [3.8, 4) is 0 Å². The van der Waals surface area contributed by atoms with Crippen LogP contribution < -0.4 is 5.32 Å². The molecule has 3 rings (SSSR count). The van der Waals surface area contributed by atoms with E-state index in [1.807, 2.05) is 12.4 Å². The van der Waals surface area contributed by atoms with E-state index in [9.17, 15) is 9.59 Å². The van der Waals surface area contributed by atoms with Gasteiger partial charge >= 0.3 is 0 Å². The minimum atomic E-state index is -0.190. The topological polar surface area (TPSA) is 82.8 Å². The first-order chi connectivity index (χ1) is 13.0. The predicted octanol–water partition coefficient (Wildman–Crippen LogP) is 1.31. The lowest BCUT2D eigenvalue weighted by Crippen LogP contribution is -2.49. The first kappa shape index (κ1) is 19.3. The summed E-state index contributed by atoms with van der Waals surface area (Å²) in [6.07, 6.45) is 7.06. The highest BCUT2D eigenvalue weighted by Crippen LogP contribution is 2.14. The Bertz CT molecular complexity index is 814. The van der Waals surface area contributed by atoms with Crippen molar-refractivity contribution in [2.75, 3.05) is 26.2 Å². The molecule has 146 valence electrons. The lowest BCUT2D eigenvalue weighted by atomic mass is 10.1. The van der Waals surface area contributed by atoms with Crippen molar-refractivity contribution in [3.63, 3.8) is 0 Å². The first-order valence-corrected chi connectivity index (χ1v) is 9.62. The van der Waals surface area contributed by atoms with Crippen molar-refractivity contribution in [2.45, 2.75) is 46.2 Å². The summed E-state index contributed by atoms with van der Waals surface area (Å²) < 4.78 is 1.66. The zero-order valence-corrected chi connectivity index (χ0v) is 16.3. The SMILES string of the molecule is CCN(CC)Cc1cnc2c(C(=O)N[C@@H]3CCCN(C(C)=O)C3)cnn2c1. The van der Waals surface area contributed by atoms with Crippen LogP contribution in [0.5, 0.6) is 0 Å². The molecular weight excluding hydrogens is 344 g/mol. The molecule has 1 fully saturated rings. The molecule has 1 aliphatic rings. The molecule has 0 bridgehead atoms. The molecule has 0 radical (unpaired) electrons. The molecule has 0 aliphatic carbocycles. The standard InChI is InChI=1S/C19H28N6O2/c1-4-23(5-2)11-15-9-20-18-17(10-21-25(18)12-15)19(27)22-16-7-6-8-24(13-16)14(3)26/h9-10,12,16H,4-8,11,13H2,1-3H3,(H,22,27)/t16-/m1/s1. The van der Waals surface area contributed by atoms with Gasteiger partial charge in [-0.05, 0) is 25.9 Å². The summed E-state index contributed by atoms with van der Waals surface area (Å²) in [4.78, 5) is 32.8. The third-order valence-electron chi connectivity index (χ3n) is 5.16. The monoisotopic (exact) mass is 372 g/mol. The van der Waals surface area contributed by atoms with Crippen molar-refractivity contribution in [1.29, 1.82) is 0 Å². The van der Waals surface area contributed by atoms with E-state index in [1.54, 1.807) is 22.5 Å². The molecule has 0 aromatic carbocycles. The molecule has 1 aliphatic heterocycles. The first-order valence-electron chi connectivity index (χ1n) is 9.62. The summed E-state index contributed by atoms with van der Waals surface area (Å²) in [6.45, 7) is 9.89. The van der Waals surface area contributed by atoms with E-state index in [0.717, 1.165) is 44.6 Å². The molecule has 2 aromatic rings.